The smallest absolute Gasteiger partial charge is 0.249 e. The van der Waals surface area contributed by atoms with Gasteiger partial charge in [-0.25, -0.2) is 0 Å². The van der Waals surface area contributed by atoms with Crippen LogP contribution in [0.25, 0.3) is 0 Å². The molecule has 1 amide bonds. The lowest BCUT2D eigenvalue weighted by Crippen LogP contribution is -2.24. The highest BCUT2D eigenvalue weighted by Crippen LogP contribution is 2.23. The maximum atomic E-state index is 12.7. The second kappa shape index (κ2) is 7.68. The first-order chi connectivity index (χ1) is 12.8. The van der Waals surface area contributed by atoms with Crippen molar-refractivity contribution in [2.24, 2.45) is 0 Å². The van der Waals surface area contributed by atoms with Gasteiger partial charge in [0.1, 0.15) is 6.04 Å². The van der Waals surface area contributed by atoms with E-state index in [1.807, 2.05) is 44.6 Å². The molecule has 1 unspecified atom stereocenters. The van der Waals surface area contributed by atoms with E-state index >= 15 is 0 Å². The molecule has 0 bridgehead atoms. The van der Waals surface area contributed by atoms with E-state index in [4.69, 9.17) is 0 Å². The van der Waals surface area contributed by atoms with Gasteiger partial charge in [0.2, 0.25) is 5.91 Å². The highest BCUT2D eigenvalue weighted by Gasteiger charge is 2.21. The number of aryl methyl sites for hydroxylation is 3. The molecule has 0 saturated carbocycles. The topological polar surface area (TPSA) is 64.7 Å². The number of benzene rings is 1. The minimum atomic E-state index is -0.422. The van der Waals surface area contributed by atoms with Gasteiger partial charge in [0.15, 0.2) is 0 Å². The molecule has 6 nitrogen and oxygen atoms in total. The minimum Gasteiger partial charge on any atom is -0.321 e. The number of nitrogens with one attached hydrogen (secondary N) is 1. The van der Waals surface area contributed by atoms with Gasteiger partial charge in [-0.3, -0.25) is 14.2 Å². The molecule has 3 rings (SSSR count). The zero-order valence-electron chi connectivity index (χ0n) is 16.2. The molecule has 142 valence electrons. The zero-order chi connectivity index (χ0) is 19.7. The molecule has 1 atom stereocenters. The van der Waals surface area contributed by atoms with Crippen LogP contribution in [0.5, 0.6) is 0 Å². The first kappa shape index (κ1) is 19.4. The molecule has 0 saturated heterocycles. The highest BCUT2D eigenvalue weighted by molar-refractivity contribution is 9.10. The van der Waals surface area contributed by atoms with Crippen molar-refractivity contribution in [3.05, 3.63) is 63.1 Å². The van der Waals surface area contributed by atoms with Crippen molar-refractivity contribution in [1.29, 1.82) is 0 Å². The summed E-state index contributed by atoms with van der Waals surface area (Å²) in [4.78, 5) is 12.7. The van der Waals surface area contributed by atoms with Crippen LogP contribution in [0.2, 0.25) is 0 Å². The Morgan fingerprint density at radius 3 is 2.56 bits per heavy atom. The van der Waals surface area contributed by atoms with Crippen LogP contribution in [0.15, 0.2) is 34.9 Å². The summed E-state index contributed by atoms with van der Waals surface area (Å²) in [5.41, 5.74) is 5.77. The van der Waals surface area contributed by atoms with E-state index < -0.39 is 6.04 Å². The number of halogens is 1. The molecule has 0 fully saturated rings. The number of aromatic nitrogens is 4. The number of hydrogen-bond acceptors (Lipinski definition) is 3. The molecule has 2 heterocycles. The number of amides is 1. The lowest BCUT2D eigenvalue weighted by atomic mass is 10.1. The second-order valence-corrected chi connectivity index (χ2v) is 7.75. The van der Waals surface area contributed by atoms with E-state index in [1.165, 1.54) is 11.1 Å². The van der Waals surface area contributed by atoms with Crippen LogP contribution in [0.1, 0.15) is 41.2 Å². The molecule has 0 radical (unpaired) electrons. The number of carbonyl (C=O) groups excluding carboxylic acids is 1. The van der Waals surface area contributed by atoms with Crippen LogP contribution in [-0.4, -0.2) is 25.5 Å². The van der Waals surface area contributed by atoms with Crippen molar-refractivity contribution in [2.75, 3.05) is 5.32 Å². The van der Waals surface area contributed by atoms with Crippen LogP contribution in [0, 0.1) is 27.7 Å². The Bertz CT molecular complexity index is 969. The molecule has 1 aromatic carbocycles. The van der Waals surface area contributed by atoms with Gasteiger partial charge in [0.05, 0.1) is 33.8 Å². The lowest BCUT2D eigenvalue weighted by Gasteiger charge is -2.13. The lowest BCUT2D eigenvalue weighted by molar-refractivity contribution is -0.119. The first-order valence-corrected chi connectivity index (χ1v) is 9.67. The molecule has 0 aliphatic heterocycles. The highest BCUT2D eigenvalue weighted by atomic mass is 79.9. The number of nitrogens with zero attached hydrogens (tertiary/aromatic N) is 4. The molecular formula is C20H24BrN5O. The molecule has 1 N–H and O–H groups in total. The Morgan fingerprint density at radius 1 is 1.19 bits per heavy atom. The average molecular weight is 430 g/mol. The van der Waals surface area contributed by atoms with E-state index in [-0.39, 0.29) is 5.91 Å². The van der Waals surface area contributed by atoms with Crippen molar-refractivity contribution in [1.82, 2.24) is 19.6 Å². The second-order valence-electron chi connectivity index (χ2n) is 6.90. The SMILES string of the molecule is Cc1cccc(Cn2nc(C)c(NC(=O)C(C)n3cc(Br)c(C)n3)c2C)c1. The fourth-order valence-corrected chi connectivity index (χ4v) is 3.31. The first-order valence-electron chi connectivity index (χ1n) is 8.88. The van der Waals surface area contributed by atoms with Crippen LogP contribution in [-0.2, 0) is 11.3 Å². The Labute approximate surface area is 167 Å². The summed E-state index contributed by atoms with van der Waals surface area (Å²) in [7, 11) is 0. The summed E-state index contributed by atoms with van der Waals surface area (Å²) in [6, 6.07) is 7.93. The largest absolute Gasteiger partial charge is 0.321 e. The average Bonchev–Trinajstić information content (AvgIpc) is 3.08. The Morgan fingerprint density at radius 2 is 1.93 bits per heavy atom. The fraction of sp³-hybridized carbons (Fsp3) is 0.350. The van der Waals surface area contributed by atoms with Gasteiger partial charge < -0.3 is 5.32 Å². The van der Waals surface area contributed by atoms with E-state index in [0.29, 0.717) is 6.54 Å². The molecule has 7 heteroatoms. The van der Waals surface area contributed by atoms with Gasteiger partial charge in [-0.15, -0.1) is 0 Å². The van der Waals surface area contributed by atoms with Gasteiger partial charge >= 0.3 is 0 Å². The zero-order valence-corrected chi connectivity index (χ0v) is 17.8. The van der Waals surface area contributed by atoms with Crippen molar-refractivity contribution in [3.63, 3.8) is 0 Å². The van der Waals surface area contributed by atoms with Crippen LogP contribution in [0.3, 0.4) is 0 Å². The standard InChI is InChI=1S/C20H24BrN5O/c1-12-7-6-8-17(9-12)10-25-15(4)19(14(3)24-25)22-20(27)16(5)26-11-18(21)13(2)23-26/h6-9,11,16H,10H2,1-5H3,(H,22,27). The van der Waals surface area contributed by atoms with Gasteiger partial charge in [-0.2, -0.15) is 10.2 Å². The molecule has 2 aromatic heterocycles. The maximum absolute atomic E-state index is 12.7. The van der Waals surface area contributed by atoms with Crippen molar-refractivity contribution in [2.45, 2.75) is 47.2 Å². The van der Waals surface area contributed by atoms with Crippen molar-refractivity contribution >= 4 is 27.5 Å². The van der Waals surface area contributed by atoms with E-state index in [9.17, 15) is 4.79 Å². The van der Waals surface area contributed by atoms with Crippen LogP contribution >= 0.6 is 15.9 Å². The molecule has 0 aliphatic rings. The summed E-state index contributed by atoms with van der Waals surface area (Å²) in [5.74, 6) is -0.119. The summed E-state index contributed by atoms with van der Waals surface area (Å²) in [5, 5.41) is 12.0. The van der Waals surface area contributed by atoms with Crippen LogP contribution in [0.4, 0.5) is 5.69 Å². The van der Waals surface area contributed by atoms with Crippen LogP contribution < -0.4 is 5.32 Å². The Kier molecular flexibility index (Phi) is 5.51. The third-order valence-electron chi connectivity index (χ3n) is 4.68. The summed E-state index contributed by atoms with van der Waals surface area (Å²) in [6.45, 7) is 10.4. The third-order valence-corrected chi connectivity index (χ3v) is 5.46. The van der Waals surface area contributed by atoms with E-state index in [0.717, 1.165) is 27.2 Å². The minimum absolute atomic E-state index is 0.119. The molecule has 0 aliphatic carbocycles. The normalized spacial score (nSPS) is 12.2. The van der Waals surface area contributed by atoms with Gasteiger partial charge in [-0.1, -0.05) is 29.8 Å². The third kappa shape index (κ3) is 4.13. The Balaban J connectivity index is 1.79. The maximum Gasteiger partial charge on any atom is 0.249 e. The molecular weight excluding hydrogens is 406 g/mol. The fourth-order valence-electron chi connectivity index (χ4n) is 3.02. The molecule has 3 aromatic rings. The summed E-state index contributed by atoms with van der Waals surface area (Å²) in [6.07, 6.45) is 1.82. The Hall–Kier alpha value is -2.41. The van der Waals surface area contributed by atoms with E-state index in [1.54, 1.807) is 4.68 Å². The van der Waals surface area contributed by atoms with Gasteiger partial charge in [-0.05, 0) is 56.1 Å². The summed E-state index contributed by atoms with van der Waals surface area (Å²) < 4.78 is 4.48. The monoisotopic (exact) mass is 429 g/mol. The summed E-state index contributed by atoms with van der Waals surface area (Å²) >= 11 is 3.44. The number of hydrogen-bond donors (Lipinski definition) is 1. The molecule has 0 spiro atoms. The quantitative estimate of drug-likeness (QED) is 0.656. The number of rotatable bonds is 5. The predicted octanol–water partition coefficient (Wildman–Crippen LogP) is 4.32. The van der Waals surface area contributed by atoms with E-state index in [2.05, 4.69) is 56.6 Å². The molecule has 27 heavy (non-hydrogen) atoms. The number of carbonyl (C=O) groups is 1. The van der Waals surface area contributed by atoms with Gasteiger partial charge in [0, 0.05) is 6.20 Å². The predicted molar refractivity (Wildman–Crippen MR) is 110 cm³/mol. The number of anilines is 1. The van der Waals surface area contributed by atoms with Crippen molar-refractivity contribution < 1.29 is 4.79 Å². The van der Waals surface area contributed by atoms with Gasteiger partial charge in [0.25, 0.3) is 0 Å². The van der Waals surface area contributed by atoms with Crippen molar-refractivity contribution in [3.8, 4) is 0 Å².